The number of carbonyl (C=O) groups excluding carboxylic acids is 2. The van der Waals surface area contributed by atoms with Crippen LogP contribution in [0.15, 0.2) is 53.8 Å². The molecular weight excluding hydrogens is 459 g/mol. The van der Waals surface area contributed by atoms with Gasteiger partial charge < -0.3 is 9.47 Å². The molecule has 0 saturated heterocycles. The van der Waals surface area contributed by atoms with E-state index in [-0.39, 0.29) is 24.6 Å². The van der Waals surface area contributed by atoms with Crippen molar-refractivity contribution < 1.29 is 19.1 Å². The number of benzene rings is 2. The lowest BCUT2D eigenvalue weighted by Gasteiger charge is -2.11. The highest BCUT2D eigenvalue weighted by Crippen LogP contribution is 2.34. The van der Waals surface area contributed by atoms with Gasteiger partial charge in [0.2, 0.25) is 0 Å². The van der Waals surface area contributed by atoms with Crippen molar-refractivity contribution in [3.8, 4) is 22.7 Å². The predicted octanol–water partition coefficient (Wildman–Crippen LogP) is 5.47. The van der Waals surface area contributed by atoms with Crippen molar-refractivity contribution in [2.75, 3.05) is 19.5 Å². The minimum atomic E-state index is -0.533. The summed E-state index contributed by atoms with van der Waals surface area (Å²) in [6.07, 6.45) is 1.55. The van der Waals surface area contributed by atoms with Crippen LogP contribution in [-0.4, -0.2) is 40.8 Å². The summed E-state index contributed by atoms with van der Waals surface area (Å²) in [6, 6.07) is 12.7. The number of imidazole rings is 1. The van der Waals surface area contributed by atoms with Gasteiger partial charge in [-0.1, -0.05) is 47.1 Å². The summed E-state index contributed by atoms with van der Waals surface area (Å²) >= 11 is 13.6. The van der Waals surface area contributed by atoms with E-state index in [1.165, 1.54) is 11.8 Å². The van der Waals surface area contributed by atoms with Crippen LogP contribution in [0.1, 0.15) is 13.3 Å². The quantitative estimate of drug-likeness (QED) is 0.230. The molecule has 0 amide bonds. The first-order valence-electron chi connectivity index (χ1n) is 9.41. The number of para-hydroxylation sites is 2. The Labute approximate surface area is 194 Å². The molecule has 162 valence electrons. The average Bonchev–Trinajstić information content (AvgIpc) is 3.16. The molecule has 0 aliphatic carbocycles. The zero-order chi connectivity index (χ0) is 22.4. The van der Waals surface area contributed by atoms with E-state index in [2.05, 4.69) is 4.98 Å². The molecule has 0 N–H and O–H groups in total. The van der Waals surface area contributed by atoms with Crippen LogP contribution < -0.4 is 4.74 Å². The molecule has 9 heteroatoms. The number of hydrogen-bond acceptors (Lipinski definition) is 6. The summed E-state index contributed by atoms with van der Waals surface area (Å²) in [5.41, 5.74) is 2.08. The Morgan fingerprint density at radius 1 is 1.16 bits per heavy atom. The van der Waals surface area contributed by atoms with E-state index in [0.717, 1.165) is 5.69 Å². The van der Waals surface area contributed by atoms with Crippen molar-refractivity contribution in [1.82, 2.24) is 9.55 Å². The number of ketones is 1. The number of esters is 1. The summed E-state index contributed by atoms with van der Waals surface area (Å²) < 4.78 is 12.2. The largest absolute Gasteiger partial charge is 0.495 e. The normalized spacial score (nSPS) is 10.7. The van der Waals surface area contributed by atoms with Gasteiger partial charge in [0.25, 0.3) is 0 Å². The van der Waals surface area contributed by atoms with E-state index in [0.29, 0.717) is 32.2 Å². The Hall–Kier alpha value is -2.48. The lowest BCUT2D eigenvalue weighted by Crippen LogP contribution is -2.13. The Balaban J connectivity index is 1.95. The van der Waals surface area contributed by atoms with Crippen LogP contribution >= 0.6 is 35.0 Å². The first-order chi connectivity index (χ1) is 14.9. The van der Waals surface area contributed by atoms with Crippen LogP contribution in [0.25, 0.3) is 16.9 Å². The fourth-order valence-corrected chi connectivity index (χ4v) is 4.21. The van der Waals surface area contributed by atoms with Crippen molar-refractivity contribution in [3.63, 3.8) is 0 Å². The third-order valence-corrected chi connectivity index (χ3v) is 5.79. The second-order valence-corrected chi connectivity index (χ2v) is 8.17. The number of aromatic nitrogens is 2. The lowest BCUT2D eigenvalue weighted by atomic mass is 10.2. The summed E-state index contributed by atoms with van der Waals surface area (Å²) in [5, 5.41) is 1.55. The molecule has 0 fully saturated rings. The predicted molar refractivity (Wildman–Crippen MR) is 123 cm³/mol. The Morgan fingerprint density at radius 2 is 1.94 bits per heavy atom. The highest BCUT2D eigenvalue weighted by molar-refractivity contribution is 7.99. The molecule has 0 spiro atoms. The number of nitrogens with zero attached hydrogens (tertiary/aromatic N) is 2. The molecule has 3 rings (SSSR count). The van der Waals surface area contributed by atoms with E-state index in [9.17, 15) is 9.59 Å². The van der Waals surface area contributed by atoms with Crippen molar-refractivity contribution >= 4 is 46.7 Å². The number of hydrogen-bond donors (Lipinski definition) is 0. The Kier molecular flexibility index (Phi) is 8.01. The van der Waals surface area contributed by atoms with E-state index in [1.54, 1.807) is 32.2 Å². The lowest BCUT2D eigenvalue weighted by molar-refractivity contribution is -0.145. The molecule has 0 bridgehead atoms. The number of thioether (sulfide) groups is 1. The fourth-order valence-electron chi connectivity index (χ4n) is 2.86. The van der Waals surface area contributed by atoms with E-state index in [4.69, 9.17) is 32.7 Å². The van der Waals surface area contributed by atoms with Crippen molar-refractivity contribution in [3.05, 3.63) is 58.7 Å². The Morgan fingerprint density at radius 3 is 2.65 bits per heavy atom. The van der Waals surface area contributed by atoms with Gasteiger partial charge in [0.05, 0.1) is 35.9 Å². The summed E-state index contributed by atoms with van der Waals surface area (Å²) in [7, 11) is 1.59. The molecule has 1 heterocycles. The highest BCUT2D eigenvalue weighted by atomic mass is 35.5. The van der Waals surface area contributed by atoms with Gasteiger partial charge >= 0.3 is 5.97 Å². The third-order valence-electron chi connectivity index (χ3n) is 4.23. The number of methoxy groups -OCH3 is 1. The second-order valence-electron chi connectivity index (χ2n) is 6.38. The smallest absolute Gasteiger partial charge is 0.313 e. The Bertz CT molecular complexity index is 1100. The van der Waals surface area contributed by atoms with Crippen molar-refractivity contribution in [2.24, 2.45) is 0 Å². The van der Waals surface area contributed by atoms with Crippen LogP contribution in [0.4, 0.5) is 0 Å². The van der Waals surface area contributed by atoms with Crippen LogP contribution in [-0.2, 0) is 14.3 Å². The molecule has 6 nitrogen and oxygen atoms in total. The van der Waals surface area contributed by atoms with Crippen LogP contribution in [0.3, 0.4) is 0 Å². The number of carbonyl (C=O) groups is 2. The third kappa shape index (κ3) is 5.81. The zero-order valence-corrected chi connectivity index (χ0v) is 19.3. The van der Waals surface area contributed by atoms with Gasteiger partial charge in [-0.15, -0.1) is 0 Å². The zero-order valence-electron chi connectivity index (χ0n) is 16.9. The summed E-state index contributed by atoms with van der Waals surface area (Å²) in [6.45, 7) is 1.94. The first-order valence-corrected chi connectivity index (χ1v) is 11.2. The van der Waals surface area contributed by atoms with Gasteiger partial charge in [-0.2, -0.15) is 0 Å². The first kappa shape index (κ1) is 23.2. The molecule has 2 aromatic carbocycles. The maximum absolute atomic E-state index is 12.2. The number of Topliss-reactive ketones (excluding diaryl/α,β-unsaturated/α-hetero) is 1. The van der Waals surface area contributed by atoms with E-state index in [1.807, 2.05) is 35.0 Å². The van der Waals surface area contributed by atoms with Crippen LogP contribution in [0, 0.1) is 0 Å². The number of ether oxygens (including phenoxy) is 2. The van der Waals surface area contributed by atoms with Crippen molar-refractivity contribution in [1.29, 1.82) is 0 Å². The van der Waals surface area contributed by atoms with Gasteiger partial charge in [-0.3, -0.25) is 14.2 Å². The van der Waals surface area contributed by atoms with E-state index < -0.39 is 5.97 Å². The fraction of sp³-hybridized carbons (Fsp3) is 0.227. The van der Waals surface area contributed by atoms with Crippen LogP contribution in [0.2, 0.25) is 10.0 Å². The highest BCUT2D eigenvalue weighted by Gasteiger charge is 2.18. The number of rotatable bonds is 9. The molecular formula is C22H20Cl2N2O4S. The molecule has 0 unspecified atom stereocenters. The van der Waals surface area contributed by atoms with Crippen molar-refractivity contribution in [2.45, 2.75) is 18.5 Å². The molecule has 3 aromatic rings. The maximum Gasteiger partial charge on any atom is 0.313 e. The molecule has 0 aliphatic heterocycles. The SMILES string of the molecule is CCOC(=O)CC(=O)CSc1nc(-c2ccc(Cl)cc2Cl)cn1-c1ccccc1OC. The van der Waals surface area contributed by atoms with Gasteiger partial charge in [-0.05, 0) is 37.3 Å². The molecule has 0 atom stereocenters. The molecule has 0 radical (unpaired) electrons. The molecule has 0 saturated carbocycles. The summed E-state index contributed by atoms with van der Waals surface area (Å²) in [4.78, 5) is 28.5. The van der Waals surface area contributed by atoms with Gasteiger partial charge in [-0.25, -0.2) is 4.98 Å². The standard InChI is InChI=1S/C22H20Cl2N2O4S/c1-3-30-21(28)11-15(27)13-31-22-25-18(16-9-8-14(23)10-17(16)24)12-26(22)19-6-4-5-7-20(19)29-2/h4-10,12H,3,11,13H2,1-2H3. The average molecular weight is 479 g/mol. The minimum absolute atomic E-state index is 0.0682. The second kappa shape index (κ2) is 10.7. The van der Waals surface area contributed by atoms with Gasteiger partial charge in [0.1, 0.15) is 12.2 Å². The topological polar surface area (TPSA) is 70.4 Å². The molecule has 31 heavy (non-hydrogen) atoms. The minimum Gasteiger partial charge on any atom is -0.495 e. The monoisotopic (exact) mass is 478 g/mol. The maximum atomic E-state index is 12.2. The van der Waals surface area contributed by atoms with Crippen LogP contribution in [0.5, 0.6) is 5.75 Å². The molecule has 0 aliphatic rings. The number of halogens is 2. The summed E-state index contributed by atoms with van der Waals surface area (Å²) in [5.74, 6) is -0.0639. The van der Waals surface area contributed by atoms with Gasteiger partial charge in [0.15, 0.2) is 10.9 Å². The van der Waals surface area contributed by atoms with E-state index >= 15 is 0 Å². The molecule has 1 aromatic heterocycles. The van der Waals surface area contributed by atoms with Gasteiger partial charge in [0, 0.05) is 16.8 Å².